The van der Waals surface area contributed by atoms with Gasteiger partial charge in [0.25, 0.3) is 0 Å². The highest BCUT2D eigenvalue weighted by Crippen LogP contribution is 2.30. The Morgan fingerprint density at radius 1 is 1.41 bits per heavy atom. The highest BCUT2D eigenvalue weighted by atomic mass is 19.1. The van der Waals surface area contributed by atoms with Crippen molar-refractivity contribution in [3.05, 3.63) is 41.0 Å². The van der Waals surface area contributed by atoms with E-state index in [0.29, 0.717) is 24.2 Å². The van der Waals surface area contributed by atoms with Crippen LogP contribution in [0, 0.1) is 12.7 Å². The van der Waals surface area contributed by atoms with Crippen molar-refractivity contribution in [2.45, 2.75) is 32.7 Å². The average molecular weight is 302 g/mol. The Kier molecular flexibility index (Phi) is 3.60. The number of nitrogens with zero attached hydrogens (tertiary/aromatic N) is 2. The van der Waals surface area contributed by atoms with Crippen LogP contribution >= 0.6 is 0 Å². The van der Waals surface area contributed by atoms with Crippen molar-refractivity contribution >= 4 is 17.3 Å². The number of carbonyl (C=O) groups is 1. The Morgan fingerprint density at radius 2 is 2.18 bits per heavy atom. The molecule has 116 valence electrons. The van der Waals surface area contributed by atoms with Gasteiger partial charge in [-0.3, -0.25) is 9.48 Å². The quantitative estimate of drug-likeness (QED) is 0.916. The fraction of sp³-hybridized carbons (Fsp3) is 0.375. The number of carbonyl (C=O) groups excluding carboxylic acids is 1. The molecule has 0 spiro atoms. The molecule has 2 heterocycles. The van der Waals surface area contributed by atoms with E-state index in [1.165, 1.54) is 6.07 Å². The van der Waals surface area contributed by atoms with Gasteiger partial charge in [0, 0.05) is 30.9 Å². The van der Waals surface area contributed by atoms with Gasteiger partial charge in [-0.15, -0.1) is 0 Å². The molecular formula is C16H19FN4O. The lowest BCUT2D eigenvalue weighted by atomic mass is 10.0. The van der Waals surface area contributed by atoms with Gasteiger partial charge >= 0.3 is 0 Å². The van der Waals surface area contributed by atoms with Crippen LogP contribution < -0.4 is 10.6 Å². The van der Waals surface area contributed by atoms with Crippen molar-refractivity contribution in [1.29, 1.82) is 0 Å². The molecule has 5 nitrogen and oxygen atoms in total. The summed E-state index contributed by atoms with van der Waals surface area (Å²) in [4.78, 5) is 11.4. The van der Waals surface area contributed by atoms with Crippen LogP contribution in [0.2, 0.25) is 0 Å². The number of rotatable bonds is 3. The minimum absolute atomic E-state index is 0.0561. The molecule has 0 radical (unpaired) electrons. The molecule has 1 amide bonds. The van der Waals surface area contributed by atoms with E-state index in [1.54, 1.807) is 10.7 Å². The Bertz CT molecular complexity index is 738. The normalized spacial score (nSPS) is 15.2. The molecule has 1 unspecified atom stereocenters. The van der Waals surface area contributed by atoms with Crippen molar-refractivity contribution in [2.75, 3.05) is 10.6 Å². The summed E-state index contributed by atoms with van der Waals surface area (Å²) in [5, 5.41) is 10.2. The highest BCUT2D eigenvalue weighted by Gasteiger charge is 2.19. The van der Waals surface area contributed by atoms with Crippen LogP contribution in [0.1, 0.15) is 36.2 Å². The summed E-state index contributed by atoms with van der Waals surface area (Å²) in [7, 11) is 1.87. The second-order valence-electron chi connectivity index (χ2n) is 5.75. The number of fused-ring (bicyclic) bond motifs is 1. The topological polar surface area (TPSA) is 59.0 Å². The molecule has 1 aromatic heterocycles. The van der Waals surface area contributed by atoms with Crippen molar-refractivity contribution in [3.8, 4) is 0 Å². The Hall–Kier alpha value is -2.37. The van der Waals surface area contributed by atoms with Gasteiger partial charge in [0.15, 0.2) is 0 Å². The number of nitrogens with one attached hydrogen (secondary N) is 2. The first-order chi connectivity index (χ1) is 10.4. The minimum Gasteiger partial charge on any atom is -0.376 e. The fourth-order valence-corrected chi connectivity index (χ4v) is 2.87. The van der Waals surface area contributed by atoms with Gasteiger partial charge < -0.3 is 10.6 Å². The summed E-state index contributed by atoms with van der Waals surface area (Å²) in [6.07, 6.45) is 3.01. The van der Waals surface area contributed by atoms with Crippen molar-refractivity contribution in [2.24, 2.45) is 7.05 Å². The maximum Gasteiger partial charge on any atom is 0.224 e. The lowest BCUT2D eigenvalue weighted by Crippen LogP contribution is -2.19. The zero-order chi connectivity index (χ0) is 15.9. The molecule has 0 aliphatic carbocycles. The van der Waals surface area contributed by atoms with E-state index < -0.39 is 0 Å². The fourth-order valence-electron chi connectivity index (χ4n) is 2.87. The average Bonchev–Trinajstić information content (AvgIpc) is 2.79. The molecule has 0 bridgehead atoms. The van der Waals surface area contributed by atoms with Gasteiger partial charge in [-0.25, -0.2) is 4.39 Å². The largest absolute Gasteiger partial charge is 0.376 e. The SMILES string of the molecule is Cc1nn(C)cc1C(C)Nc1cc2c(cc1F)NC(=O)CC2. The van der Waals surface area contributed by atoms with Gasteiger partial charge in [0.2, 0.25) is 5.91 Å². The summed E-state index contributed by atoms with van der Waals surface area (Å²) in [6, 6.07) is 3.11. The van der Waals surface area contributed by atoms with E-state index in [2.05, 4.69) is 15.7 Å². The molecule has 0 saturated heterocycles. The van der Waals surface area contributed by atoms with Crippen LogP contribution in [-0.2, 0) is 18.3 Å². The number of halogens is 1. The predicted octanol–water partition coefficient (Wildman–Crippen LogP) is 2.93. The molecule has 2 N–H and O–H groups in total. The van der Waals surface area contributed by atoms with Crippen LogP contribution in [0.5, 0.6) is 0 Å². The predicted molar refractivity (Wildman–Crippen MR) is 83.3 cm³/mol. The minimum atomic E-state index is -0.366. The third-order valence-electron chi connectivity index (χ3n) is 3.98. The lowest BCUT2D eigenvalue weighted by Gasteiger charge is -2.21. The standard InChI is InChI=1S/C16H19FN4O/c1-9(12-8-21(3)20-10(12)2)18-15-6-11-4-5-16(22)19-14(11)7-13(15)17/h6-9,18H,4-5H2,1-3H3,(H,19,22). The first kappa shape index (κ1) is 14.6. The monoisotopic (exact) mass is 302 g/mol. The Morgan fingerprint density at radius 3 is 2.86 bits per heavy atom. The second kappa shape index (κ2) is 5.44. The zero-order valence-corrected chi connectivity index (χ0v) is 12.9. The van der Waals surface area contributed by atoms with Crippen LogP contribution in [0.25, 0.3) is 0 Å². The van der Waals surface area contributed by atoms with E-state index in [-0.39, 0.29) is 17.8 Å². The number of amides is 1. The van der Waals surface area contributed by atoms with Gasteiger partial charge in [0.1, 0.15) is 5.82 Å². The summed E-state index contributed by atoms with van der Waals surface area (Å²) < 4.78 is 16.0. The summed E-state index contributed by atoms with van der Waals surface area (Å²) >= 11 is 0. The Labute approximate surface area is 128 Å². The van der Waals surface area contributed by atoms with Crippen molar-refractivity contribution in [3.63, 3.8) is 0 Å². The lowest BCUT2D eigenvalue weighted by molar-refractivity contribution is -0.116. The number of aromatic nitrogens is 2. The second-order valence-corrected chi connectivity index (χ2v) is 5.75. The first-order valence-corrected chi connectivity index (χ1v) is 7.33. The van der Waals surface area contributed by atoms with Crippen LogP contribution in [0.3, 0.4) is 0 Å². The number of hydrogen-bond acceptors (Lipinski definition) is 3. The van der Waals surface area contributed by atoms with E-state index in [4.69, 9.17) is 0 Å². The number of hydrogen-bond donors (Lipinski definition) is 2. The molecule has 0 fully saturated rings. The van der Waals surface area contributed by atoms with Gasteiger partial charge in [-0.2, -0.15) is 5.10 Å². The molecule has 22 heavy (non-hydrogen) atoms. The van der Waals surface area contributed by atoms with Gasteiger partial charge in [-0.05, 0) is 38.0 Å². The van der Waals surface area contributed by atoms with Crippen molar-refractivity contribution in [1.82, 2.24) is 9.78 Å². The number of benzene rings is 1. The molecule has 2 aromatic rings. The summed E-state index contributed by atoms with van der Waals surface area (Å²) in [5.74, 6) is -0.429. The van der Waals surface area contributed by atoms with Crippen LogP contribution in [-0.4, -0.2) is 15.7 Å². The summed E-state index contributed by atoms with van der Waals surface area (Å²) in [6.45, 7) is 3.91. The molecule has 0 saturated carbocycles. The molecule has 1 aromatic carbocycles. The highest BCUT2D eigenvalue weighted by molar-refractivity contribution is 5.94. The molecule has 1 aliphatic heterocycles. The Balaban J connectivity index is 1.86. The molecule has 1 atom stereocenters. The van der Waals surface area contributed by atoms with E-state index in [1.807, 2.05) is 27.1 Å². The van der Waals surface area contributed by atoms with E-state index >= 15 is 0 Å². The molecule has 3 rings (SSSR count). The number of anilines is 2. The van der Waals surface area contributed by atoms with E-state index in [0.717, 1.165) is 16.8 Å². The zero-order valence-electron chi connectivity index (χ0n) is 12.9. The molecule has 1 aliphatic rings. The maximum absolute atomic E-state index is 14.3. The molecular weight excluding hydrogens is 283 g/mol. The first-order valence-electron chi connectivity index (χ1n) is 7.33. The van der Waals surface area contributed by atoms with Gasteiger partial charge in [0.05, 0.1) is 17.4 Å². The molecule has 6 heteroatoms. The van der Waals surface area contributed by atoms with E-state index in [9.17, 15) is 9.18 Å². The smallest absolute Gasteiger partial charge is 0.224 e. The van der Waals surface area contributed by atoms with Gasteiger partial charge in [-0.1, -0.05) is 0 Å². The third-order valence-corrected chi connectivity index (χ3v) is 3.98. The third kappa shape index (κ3) is 2.68. The van der Waals surface area contributed by atoms with Crippen LogP contribution in [0.15, 0.2) is 18.3 Å². The summed E-state index contributed by atoms with van der Waals surface area (Å²) in [5.41, 5.74) is 3.94. The number of aryl methyl sites for hydroxylation is 3. The maximum atomic E-state index is 14.3. The van der Waals surface area contributed by atoms with Crippen molar-refractivity contribution < 1.29 is 9.18 Å². The van der Waals surface area contributed by atoms with Crippen LogP contribution in [0.4, 0.5) is 15.8 Å².